The monoisotopic (exact) mass is 404 g/mol. The van der Waals surface area contributed by atoms with E-state index in [4.69, 9.17) is 11.6 Å². The third kappa shape index (κ3) is 2.75. The fraction of sp³-hybridized carbons (Fsp3) is 0.333. The van der Waals surface area contributed by atoms with Crippen molar-refractivity contribution in [1.29, 1.82) is 0 Å². The first kappa shape index (κ1) is 13.9. The minimum atomic E-state index is -4.71. The molecule has 1 aliphatic rings. The third-order valence-electron chi connectivity index (χ3n) is 2.58. The second-order valence-corrected chi connectivity index (χ2v) is 6.93. The van der Waals surface area contributed by atoms with Crippen LogP contribution in [0.1, 0.15) is 6.42 Å². The van der Waals surface area contributed by atoms with Crippen LogP contribution < -0.4 is 4.90 Å². The Kier molecular flexibility index (Phi) is 3.79. The second kappa shape index (κ2) is 4.89. The van der Waals surface area contributed by atoms with Gasteiger partial charge in [0.2, 0.25) is 5.91 Å². The second-order valence-electron chi connectivity index (χ2n) is 3.76. The summed E-state index contributed by atoms with van der Waals surface area (Å²) in [4.78, 5) is 16.8. The number of halogens is 3. The van der Waals surface area contributed by atoms with Crippen LogP contribution in [-0.2, 0) is 15.0 Å². The van der Waals surface area contributed by atoms with Crippen molar-refractivity contribution in [1.82, 2.24) is 4.98 Å². The highest BCUT2D eigenvalue weighted by Crippen LogP contribution is 2.30. The Labute approximate surface area is 122 Å². The van der Waals surface area contributed by atoms with Crippen molar-refractivity contribution in [3.63, 3.8) is 0 Å². The smallest absolute Gasteiger partial charge is 0.307 e. The van der Waals surface area contributed by atoms with Gasteiger partial charge in [0.1, 0.15) is 10.4 Å². The van der Waals surface area contributed by atoms with Crippen LogP contribution in [0, 0.1) is 3.57 Å². The Hall–Kier alpha value is -0.480. The van der Waals surface area contributed by atoms with Crippen LogP contribution in [0.15, 0.2) is 12.3 Å². The van der Waals surface area contributed by atoms with Gasteiger partial charge in [0, 0.05) is 25.2 Å². The number of pyridine rings is 1. The quantitative estimate of drug-likeness (QED) is 0.428. The van der Waals surface area contributed by atoms with Gasteiger partial charge >= 0.3 is 10.2 Å². The molecule has 0 aliphatic carbocycles. The Morgan fingerprint density at radius 3 is 2.78 bits per heavy atom. The Bertz CT molecular complexity index is 610. The van der Waals surface area contributed by atoms with Gasteiger partial charge in [0.05, 0.1) is 9.26 Å². The first-order valence-electron chi connectivity index (χ1n) is 4.84. The van der Waals surface area contributed by atoms with Crippen LogP contribution in [-0.4, -0.2) is 31.1 Å². The molecule has 0 N–H and O–H groups in total. The fourth-order valence-corrected chi connectivity index (χ4v) is 3.11. The van der Waals surface area contributed by atoms with Crippen molar-refractivity contribution >= 4 is 56.0 Å². The van der Waals surface area contributed by atoms with E-state index in [1.807, 2.05) is 22.6 Å². The Balaban J connectivity index is 2.35. The van der Waals surface area contributed by atoms with E-state index in [0.717, 1.165) is 0 Å². The molecule has 2 heterocycles. The van der Waals surface area contributed by atoms with Crippen LogP contribution in [0.5, 0.6) is 0 Å². The molecule has 1 aromatic heterocycles. The summed E-state index contributed by atoms with van der Waals surface area (Å²) >= 11 is 7.67. The minimum absolute atomic E-state index is 0.185. The molecular weight excluding hydrogens is 398 g/mol. The lowest BCUT2D eigenvalue weighted by Crippen LogP contribution is -2.27. The highest BCUT2D eigenvalue weighted by atomic mass is 127. The average Bonchev–Trinajstić information content (AvgIpc) is 2.64. The largest absolute Gasteiger partial charge is 0.310 e. The molecule has 1 fully saturated rings. The number of nitrogens with zero attached hydrogens (tertiary/aromatic N) is 2. The Morgan fingerprint density at radius 2 is 2.22 bits per heavy atom. The molecule has 1 aromatic rings. The predicted octanol–water partition coefficient (Wildman–Crippen LogP) is 1.74. The molecule has 1 atom stereocenters. The maximum absolute atomic E-state index is 12.9. The SMILES string of the molecule is O=C1CC(S(=O)(=O)F)CN1c1cc(Cl)ncc1I. The van der Waals surface area contributed by atoms with Gasteiger partial charge in [-0.15, -0.1) is 3.89 Å². The van der Waals surface area contributed by atoms with Gasteiger partial charge in [-0.1, -0.05) is 11.6 Å². The molecule has 98 valence electrons. The summed E-state index contributed by atoms with van der Waals surface area (Å²) in [7, 11) is -4.71. The summed E-state index contributed by atoms with van der Waals surface area (Å²) in [5.74, 6) is -0.443. The zero-order valence-electron chi connectivity index (χ0n) is 8.81. The molecule has 0 bridgehead atoms. The van der Waals surface area contributed by atoms with Crippen molar-refractivity contribution in [2.24, 2.45) is 0 Å². The maximum Gasteiger partial charge on any atom is 0.307 e. The molecule has 18 heavy (non-hydrogen) atoms. The van der Waals surface area contributed by atoms with Gasteiger partial charge < -0.3 is 4.90 Å². The van der Waals surface area contributed by atoms with E-state index in [-0.39, 0.29) is 18.1 Å². The predicted molar refractivity (Wildman–Crippen MR) is 72.7 cm³/mol. The van der Waals surface area contributed by atoms with Crippen molar-refractivity contribution in [3.8, 4) is 0 Å². The molecule has 1 amide bonds. The lowest BCUT2D eigenvalue weighted by Gasteiger charge is -2.17. The standard InChI is InChI=1S/C9H7ClFIN2O3S/c10-8-2-7(6(12)3-13-8)14-4-5(1-9(14)15)18(11,16)17/h2-3,5H,1,4H2. The summed E-state index contributed by atoms with van der Waals surface area (Å²) < 4.78 is 35.2. The van der Waals surface area contributed by atoms with Crippen LogP contribution in [0.4, 0.5) is 9.57 Å². The molecule has 2 rings (SSSR count). The zero-order valence-corrected chi connectivity index (χ0v) is 12.5. The topological polar surface area (TPSA) is 67.3 Å². The van der Waals surface area contributed by atoms with E-state index >= 15 is 0 Å². The summed E-state index contributed by atoms with van der Waals surface area (Å²) in [6.07, 6.45) is 1.11. The van der Waals surface area contributed by atoms with E-state index in [1.165, 1.54) is 17.2 Å². The summed E-state index contributed by atoms with van der Waals surface area (Å²) in [5, 5.41) is -1.13. The van der Waals surface area contributed by atoms with Crippen molar-refractivity contribution in [2.45, 2.75) is 11.7 Å². The number of anilines is 1. The molecule has 1 saturated heterocycles. The molecule has 5 nitrogen and oxygen atoms in total. The number of hydrogen-bond donors (Lipinski definition) is 0. The van der Waals surface area contributed by atoms with Gasteiger partial charge in [-0.05, 0) is 22.6 Å². The van der Waals surface area contributed by atoms with E-state index < -0.39 is 21.4 Å². The number of rotatable bonds is 2. The lowest BCUT2D eigenvalue weighted by atomic mass is 10.3. The van der Waals surface area contributed by atoms with Crippen LogP contribution in [0.2, 0.25) is 5.15 Å². The summed E-state index contributed by atoms with van der Waals surface area (Å²) in [5.41, 5.74) is 0.451. The van der Waals surface area contributed by atoms with Crippen molar-refractivity contribution in [3.05, 3.63) is 21.0 Å². The normalized spacial score (nSPS) is 20.5. The summed E-state index contributed by atoms with van der Waals surface area (Å²) in [6.45, 7) is -0.200. The van der Waals surface area contributed by atoms with Crippen molar-refractivity contribution < 1.29 is 17.1 Å². The van der Waals surface area contributed by atoms with Gasteiger partial charge in [0.25, 0.3) is 0 Å². The molecule has 0 aromatic carbocycles. The van der Waals surface area contributed by atoms with Crippen LogP contribution in [0.3, 0.4) is 0 Å². The van der Waals surface area contributed by atoms with Crippen molar-refractivity contribution in [2.75, 3.05) is 11.4 Å². The average molecular weight is 405 g/mol. The third-order valence-corrected chi connectivity index (χ3v) is 4.73. The van der Waals surface area contributed by atoms with E-state index in [1.54, 1.807) is 0 Å². The van der Waals surface area contributed by atoms with E-state index in [9.17, 15) is 17.1 Å². The van der Waals surface area contributed by atoms with Gasteiger partial charge in [-0.2, -0.15) is 8.42 Å². The van der Waals surface area contributed by atoms with Gasteiger partial charge in [0.15, 0.2) is 0 Å². The van der Waals surface area contributed by atoms with E-state index in [0.29, 0.717) is 9.26 Å². The maximum atomic E-state index is 12.9. The van der Waals surface area contributed by atoms with Crippen LogP contribution >= 0.6 is 34.2 Å². The first-order chi connectivity index (χ1) is 8.29. The molecule has 1 unspecified atom stereocenters. The molecule has 0 saturated carbocycles. The fourth-order valence-electron chi connectivity index (χ4n) is 1.71. The molecule has 0 radical (unpaired) electrons. The highest BCUT2D eigenvalue weighted by molar-refractivity contribution is 14.1. The number of amides is 1. The zero-order chi connectivity index (χ0) is 13.5. The number of carbonyl (C=O) groups excluding carboxylic acids is 1. The highest BCUT2D eigenvalue weighted by Gasteiger charge is 2.39. The minimum Gasteiger partial charge on any atom is -0.310 e. The first-order valence-corrected chi connectivity index (χ1v) is 7.74. The molecule has 1 aliphatic heterocycles. The number of carbonyl (C=O) groups is 1. The number of aromatic nitrogens is 1. The van der Waals surface area contributed by atoms with Crippen LogP contribution in [0.25, 0.3) is 0 Å². The Morgan fingerprint density at radius 1 is 1.56 bits per heavy atom. The molecule has 9 heteroatoms. The van der Waals surface area contributed by atoms with E-state index in [2.05, 4.69) is 4.98 Å². The summed E-state index contributed by atoms with van der Waals surface area (Å²) in [6, 6.07) is 1.45. The molecular formula is C9H7ClFIN2O3S. The van der Waals surface area contributed by atoms with Gasteiger partial charge in [-0.3, -0.25) is 4.79 Å². The lowest BCUT2D eigenvalue weighted by molar-refractivity contribution is -0.117. The molecule has 0 spiro atoms. The van der Waals surface area contributed by atoms with Gasteiger partial charge in [-0.25, -0.2) is 4.98 Å². The number of hydrogen-bond acceptors (Lipinski definition) is 4.